The van der Waals surface area contributed by atoms with Gasteiger partial charge in [-0.3, -0.25) is 0 Å². The number of hydrogen-bond acceptors (Lipinski definition) is 1. The van der Waals surface area contributed by atoms with E-state index in [9.17, 15) is 0 Å². The van der Waals surface area contributed by atoms with Gasteiger partial charge in [0.1, 0.15) is 5.76 Å². The van der Waals surface area contributed by atoms with Crippen molar-refractivity contribution in [2.24, 2.45) is 0 Å². The molecule has 0 bridgehead atoms. The molecule has 5 aromatic rings. The van der Waals surface area contributed by atoms with Crippen LogP contribution in [0.15, 0.2) is 95.6 Å². The first-order chi connectivity index (χ1) is 22.4. The zero-order valence-electron chi connectivity index (χ0n) is 29.6. The first-order valence-electron chi connectivity index (χ1n) is 17.3. The Morgan fingerprint density at radius 1 is 0.766 bits per heavy atom. The van der Waals surface area contributed by atoms with Crippen molar-refractivity contribution in [1.82, 2.24) is 0 Å². The smallest absolute Gasteiger partial charge is 0.134 e. The van der Waals surface area contributed by atoms with E-state index in [1.807, 2.05) is 12.3 Å². The molecule has 238 valence electrons. The van der Waals surface area contributed by atoms with Gasteiger partial charge in [-0.1, -0.05) is 121 Å². The monoisotopic (exact) mass is 616 g/mol. The fourth-order valence-electron chi connectivity index (χ4n) is 7.95. The number of furan rings is 1. The molecule has 2 aliphatic rings. The number of allylic oxidation sites excluding steroid dienone is 2. The molecule has 0 aliphatic heterocycles. The highest BCUT2D eigenvalue weighted by Crippen LogP contribution is 2.54. The normalized spacial score (nSPS) is 16.0. The summed E-state index contributed by atoms with van der Waals surface area (Å²) >= 11 is 0. The lowest BCUT2D eigenvalue weighted by molar-refractivity contribution is 0.554. The summed E-state index contributed by atoms with van der Waals surface area (Å²) in [7, 11) is 0. The number of benzene rings is 4. The Morgan fingerprint density at radius 2 is 1.47 bits per heavy atom. The van der Waals surface area contributed by atoms with Crippen molar-refractivity contribution >= 4 is 22.8 Å². The van der Waals surface area contributed by atoms with E-state index in [-0.39, 0.29) is 16.7 Å². The SMILES string of the molecule is CCc1cc2c(c(C3C(c4ccc(C(C)(C)C)cc4C)=Cc4ccccc43)c1C)C(c1ccco1)=C(c1ccc(C(C)(C)C)cc1)C2. The minimum Gasteiger partial charge on any atom is -0.464 e. The van der Waals surface area contributed by atoms with Crippen LogP contribution in [0, 0.1) is 13.8 Å². The average Bonchev–Trinajstić information content (AvgIpc) is 3.78. The predicted molar refractivity (Wildman–Crippen MR) is 200 cm³/mol. The second-order valence-electron chi connectivity index (χ2n) is 15.7. The topological polar surface area (TPSA) is 13.1 Å². The van der Waals surface area contributed by atoms with E-state index < -0.39 is 0 Å². The van der Waals surface area contributed by atoms with Crippen LogP contribution in [0.4, 0.5) is 0 Å². The summed E-state index contributed by atoms with van der Waals surface area (Å²) in [6.07, 6.45) is 6.18. The van der Waals surface area contributed by atoms with Crippen LogP contribution in [0.1, 0.15) is 127 Å². The van der Waals surface area contributed by atoms with E-state index in [0.717, 1.165) is 18.6 Å². The molecule has 1 unspecified atom stereocenters. The van der Waals surface area contributed by atoms with Crippen LogP contribution in [0.25, 0.3) is 22.8 Å². The third-order valence-electron chi connectivity index (χ3n) is 10.6. The van der Waals surface area contributed by atoms with Crippen molar-refractivity contribution in [1.29, 1.82) is 0 Å². The number of rotatable bonds is 5. The molecule has 1 aromatic heterocycles. The Balaban J connectivity index is 1.50. The molecule has 0 amide bonds. The summed E-state index contributed by atoms with van der Waals surface area (Å²) in [6, 6.07) is 32.1. The highest BCUT2D eigenvalue weighted by molar-refractivity contribution is 6.05. The lowest BCUT2D eigenvalue weighted by Gasteiger charge is -2.27. The maximum atomic E-state index is 6.29. The fraction of sp³-hybridized carbons (Fsp3) is 0.304. The Morgan fingerprint density at radius 3 is 2.11 bits per heavy atom. The molecule has 7 rings (SSSR count). The van der Waals surface area contributed by atoms with E-state index in [1.54, 1.807) is 0 Å². The average molecular weight is 617 g/mol. The van der Waals surface area contributed by atoms with E-state index in [0.29, 0.717) is 0 Å². The molecule has 0 radical (unpaired) electrons. The highest BCUT2D eigenvalue weighted by Gasteiger charge is 2.37. The van der Waals surface area contributed by atoms with Crippen LogP contribution in [-0.4, -0.2) is 0 Å². The molecule has 0 fully saturated rings. The molecule has 47 heavy (non-hydrogen) atoms. The molecule has 0 saturated carbocycles. The number of aryl methyl sites for hydroxylation is 2. The molecule has 4 aromatic carbocycles. The van der Waals surface area contributed by atoms with Gasteiger partial charge in [-0.2, -0.15) is 0 Å². The largest absolute Gasteiger partial charge is 0.464 e. The molecule has 1 nitrogen and oxygen atoms in total. The Hall–Kier alpha value is -4.36. The Bertz CT molecular complexity index is 2050. The maximum absolute atomic E-state index is 6.29. The van der Waals surface area contributed by atoms with Crippen LogP contribution in [0.5, 0.6) is 0 Å². The van der Waals surface area contributed by atoms with E-state index in [4.69, 9.17) is 4.42 Å². The van der Waals surface area contributed by atoms with Crippen LogP contribution in [0.3, 0.4) is 0 Å². The number of hydrogen-bond donors (Lipinski definition) is 0. The Kier molecular flexibility index (Phi) is 7.59. The molecule has 1 heteroatoms. The molecule has 1 atom stereocenters. The van der Waals surface area contributed by atoms with Gasteiger partial charge in [-0.25, -0.2) is 0 Å². The third kappa shape index (κ3) is 5.35. The van der Waals surface area contributed by atoms with Gasteiger partial charge in [0.25, 0.3) is 0 Å². The summed E-state index contributed by atoms with van der Waals surface area (Å²) < 4.78 is 6.29. The highest BCUT2D eigenvalue weighted by atomic mass is 16.3. The second kappa shape index (κ2) is 11.4. The summed E-state index contributed by atoms with van der Waals surface area (Å²) in [4.78, 5) is 0. The lowest BCUT2D eigenvalue weighted by Crippen LogP contribution is -2.13. The van der Waals surface area contributed by atoms with Crippen molar-refractivity contribution in [2.75, 3.05) is 0 Å². The summed E-state index contributed by atoms with van der Waals surface area (Å²) in [5.41, 5.74) is 20.6. The van der Waals surface area contributed by atoms with Gasteiger partial charge in [-0.05, 0) is 134 Å². The summed E-state index contributed by atoms with van der Waals surface area (Å²) in [5, 5.41) is 0. The second-order valence-corrected chi connectivity index (χ2v) is 15.7. The standard InChI is InChI=1S/C46H48O/c1-10-30-25-33-27-38(31-17-19-34(20-18-31)45(4,5)6)44(40-16-13-23-47-40)42(33)41(29(30)3)43-37-15-12-11-14-32(37)26-39(43)36-22-21-35(24-28(36)2)46(7,8)9/h11-26,43H,10,27H2,1-9H3. The first-order valence-corrected chi connectivity index (χ1v) is 17.3. The van der Waals surface area contributed by atoms with Crippen LogP contribution >= 0.6 is 0 Å². The van der Waals surface area contributed by atoms with Crippen LogP contribution in [0.2, 0.25) is 0 Å². The van der Waals surface area contributed by atoms with Gasteiger partial charge < -0.3 is 4.42 Å². The van der Waals surface area contributed by atoms with Crippen LogP contribution < -0.4 is 0 Å². The molecule has 1 heterocycles. The zero-order valence-corrected chi connectivity index (χ0v) is 29.6. The van der Waals surface area contributed by atoms with Gasteiger partial charge in [0.05, 0.1) is 6.26 Å². The van der Waals surface area contributed by atoms with Gasteiger partial charge >= 0.3 is 0 Å². The minimum atomic E-state index is 0.104. The van der Waals surface area contributed by atoms with E-state index in [2.05, 4.69) is 147 Å². The van der Waals surface area contributed by atoms with Crippen molar-refractivity contribution in [3.63, 3.8) is 0 Å². The fourth-order valence-corrected chi connectivity index (χ4v) is 7.95. The van der Waals surface area contributed by atoms with Crippen molar-refractivity contribution < 1.29 is 4.42 Å². The zero-order chi connectivity index (χ0) is 33.2. The quantitative estimate of drug-likeness (QED) is 0.191. The lowest BCUT2D eigenvalue weighted by atomic mass is 9.76. The summed E-state index contributed by atoms with van der Waals surface area (Å²) in [6.45, 7) is 20.7. The molecule has 0 saturated heterocycles. The van der Waals surface area contributed by atoms with Crippen LogP contribution in [-0.2, 0) is 23.7 Å². The van der Waals surface area contributed by atoms with Crippen molar-refractivity contribution in [3.05, 3.63) is 164 Å². The molecular formula is C46H48O. The van der Waals surface area contributed by atoms with Crippen molar-refractivity contribution in [2.45, 2.75) is 91.9 Å². The Labute approximate surface area is 282 Å². The molecular weight excluding hydrogens is 569 g/mol. The molecule has 2 aliphatic carbocycles. The van der Waals surface area contributed by atoms with Gasteiger partial charge in [0.2, 0.25) is 0 Å². The van der Waals surface area contributed by atoms with Crippen molar-refractivity contribution in [3.8, 4) is 0 Å². The summed E-state index contributed by atoms with van der Waals surface area (Å²) in [5.74, 6) is 1.07. The first kappa shape index (κ1) is 31.3. The minimum absolute atomic E-state index is 0.104. The van der Waals surface area contributed by atoms with E-state index >= 15 is 0 Å². The van der Waals surface area contributed by atoms with Gasteiger partial charge in [0.15, 0.2) is 0 Å². The molecule has 0 N–H and O–H groups in total. The van der Waals surface area contributed by atoms with E-state index in [1.165, 1.54) is 83.5 Å². The van der Waals surface area contributed by atoms with Gasteiger partial charge in [0, 0.05) is 11.5 Å². The molecule has 0 spiro atoms. The predicted octanol–water partition coefficient (Wildman–Crippen LogP) is 12.3. The van der Waals surface area contributed by atoms with Gasteiger partial charge in [-0.15, -0.1) is 0 Å². The third-order valence-corrected chi connectivity index (χ3v) is 10.6. The number of fused-ring (bicyclic) bond motifs is 2. The maximum Gasteiger partial charge on any atom is 0.134 e.